The lowest BCUT2D eigenvalue weighted by atomic mass is 10.2. The molecule has 0 saturated carbocycles. The Balaban J connectivity index is 1.80. The van der Waals surface area contributed by atoms with E-state index in [1.54, 1.807) is 18.2 Å². The fourth-order valence-electron chi connectivity index (χ4n) is 1.67. The summed E-state index contributed by atoms with van der Waals surface area (Å²) in [5.41, 5.74) is 1.73. The molecule has 0 radical (unpaired) electrons. The van der Waals surface area contributed by atoms with Crippen LogP contribution in [0.25, 0.3) is 0 Å². The minimum Gasteiger partial charge on any atom is -0.325 e. The van der Waals surface area contributed by atoms with Crippen molar-refractivity contribution in [3.8, 4) is 0 Å². The third-order valence-electron chi connectivity index (χ3n) is 2.56. The maximum Gasteiger partial charge on any atom is 0.234 e. The highest BCUT2D eigenvalue weighted by atomic mass is 35.5. The molecule has 2 aromatic carbocycles. The van der Waals surface area contributed by atoms with Crippen LogP contribution >= 0.6 is 46.6 Å². The molecule has 0 fully saturated rings. The minimum atomic E-state index is -0.0905. The molecule has 0 unspecified atom stereocenters. The predicted molar refractivity (Wildman–Crippen MR) is 92.7 cm³/mol. The summed E-state index contributed by atoms with van der Waals surface area (Å²) in [6, 6.07) is 12.5. The molecule has 2 aromatic rings. The Bertz CT molecular complexity index is 611. The summed E-state index contributed by atoms with van der Waals surface area (Å²) in [4.78, 5) is 11.8. The minimum absolute atomic E-state index is 0.0905. The first-order chi connectivity index (χ1) is 10.0. The highest BCUT2D eigenvalue weighted by Gasteiger charge is 2.05. The quantitative estimate of drug-likeness (QED) is 0.760. The van der Waals surface area contributed by atoms with E-state index in [-0.39, 0.29) is 5.91 Å². The Kier molecular flexibility index (Phi) is 6.24. The molecule has 0 saturated heterocycles. The zero-order chi connectivity index (χ0) is 15.2. The van der Waals surface area contributed by atoms with Crippen LogP contribution in [0.2, 0.25) is 15.1 Å². The van der Waals surface area contributed by atoms with E-state index in [1.165, 1.54) is 11.8 Å². The lowest BCUT2D eigenvalue weighted by Gasteiger charge is -2.06. The van der Waals surface area contributed by atoms with E-state index in [0.717, 1.165) is 11.3 Å². The number of hydrogen-bond donors (Lipinski definition) is 1. The highest BCUT2D eigenvalue weighted by Crippen LogP contribution is 2.23. The average Bonchev–Trinajstić information content (AvgIpc) is 2.39. The van der Waals surface area contributed by atoms with E-state index in [2.05, 4.69) is 5.32 Å². The van der Waals surface area contributed by atoms with E-state index < -0.39 is 0 Å². The van der Waals surface area contributed by atoms with Gasteiger partial charge in [0.1, 0.15) is 0 Å². The van der Waals surface area contributed by atoms with Crippen LogP contribution in [-0.4, -0.2) is 11.7 Å². The van der Waals surface area contributed by atoms with E-state index in [1.807, 2.05) is 24.3 Å². The summed E-state index contributed by atoms with van der Waals surface area (Å²) >= 11 is 19.1. The second kappa shape index (κ2) is 7.95. The van der Waals surface area contributed by atoms with Crippen molar-refractivity contribution in [2.24, 2.45) is 0 Å². The average molecular weight is 361 g/mol. The molecule has 0 aliphatic carbocycles. The van der Waals surface area contributed by atoms with Gasteiger partial charge in [-0.25, -0.2) is 0 Å². The van der Waals surface area contributed by atoms with Crippen LogP contribution in [0.3, 0.4) is 0 Å². The maximum absolute atomic E-state index is 11.8. The molecule has 110 valence electrons. The number of amides is 1. The van der Waals surface area contributed by atoms with E-state index in [9.17, 15) is 4.79 Å². The second-order valence-electron chi connectivity index (χ2n) is 4.33. The first kappa shape index (κ1) is 16.5. The lowest BCUT2D eigenvalue weighted by Crippen LogP contribution is -2.14. The third-order valence-corrected chi connectivity index (χ3v) is 4.25. The molecular weight excluding hydrogens is 349 g/mol. The van der Waals surface area contributed by atoms with Gasteiger partial charge in [-0.1, -0.05) is 46.9 Å². The number of carbonyl (C=O) groups is 1. The van der Waals surface area contributed by atoms with Crippen LogP contribution in [0.1, 0.15) is 5.56 Å². The zero-order valence-electron chi connectivity index (χ0n) is 10.9. The molecule has 21 heavy (non-hydrogen) atoms. The number of anilines is 1. The third kappa shape index (κ3) is 5.79. The van der Waals surface area contributed by atoms with Crippen LogP contribution in [0.15, 0.2) is 42.5 Å². The van der Waals surface area contributed by atoms with Crippen LogP contribution < -0.4 is 5.32 Å². The van der Waals surface area contributed by atoms with Gasteiger partial charge in [-0.3, -0.25) is 4.79 Å². The van der Waals surface area contributed by atoms with Gasteiger partial charge in [-0.15, -0.1) is 11.8 Å². The summed E-state index contributed by atoms with van der Waals surface area (Å²) < 4.78 is 0. The Labute approximate surface area is 142 Å². The Morgan fingerprint density at radius 1 is 0.952 bits per heavy atom. The van der Waals surface area contributed by atoms with Crippen molar-refractivity contribution in [1.82, 2.24) is 0 Å². The maximum atomic E-state index is 11.8. The molecule has 0 aromatic heterocycles. The summed E-state index contributed by atoms with van der Waals surface area (Å²) in [6.07, 6.45) is 0. The van der Waals surface area contributed by atoms with Crippen molar-refractivity contribution in [2.75, 3.05) is 11.1 Å². The van der Waals surface area contributed by atoms with Gasteiger partial charge in [0.15, 0.2) is 0 Å². The predicted octanol–water partition coefficient (Wildman–Crippen LogP) is 5.52. The smallest absolute Gasteiger partial charge is 0.234 e. The molecule has 0 aliphatic rings. The molecule has 0 bridgehead atoms. The van der Waals surface area contributed by atoms with E-state index in [4.69, 9.17) is 34.8 Å². The SMILES string of the molecule is O=C(CSCc1ccc(Cl)cc1)Nc1cc(Cl)cc(Cl)c1. The van der Waals surface area contributed by atoms with Gasteiger partial charge >= 0.3 is 0 Å². The van der Waals surface area contributed by atoms with Gasteiger partial charge in [0.25, 0.3) is 0 Å². The number of halogens is 3. The van der Waals surface area contributed by atoms with Crippen molar-refractivity contribution in [3.05, 3.63) is 63.1 Å². The van der Waals surface area contributed by atoms with Gasteiger partial charge in [0.05, 0.1) is 5.75 Å². The number of hydrogen-bond acceptors (Lipinski definition) is 2. The van der Waals surface area contributed by atoms with Crippen LogP contribution in [0, 0.1) is 0 Å². The first-order valence-corrected chi connectivity index (χ1v) is 8.40. The lowest BCUT2D eigenvalue weighted by molar-refractivity contribution is -0.113. The normalized spacial score (nSPS) is 10.4. The summed E-state index contributed by atoms with van der Waals surface area (Å²) in [6.45, 7) is 0. The molecular formula is C15H12Cl3NOS. The summed E-state index contributed by atoms with van der Waals surface area (Å²) in [5, 5.41) is 4.46. The van der Waals surface area contributed by atoms with Crippen molar-refractivity contribution in [2.45, 2.75) is 5.75 Å². The molecule has 0 aliphatic heterocycles. The molecule has 0 atom stereocenters. The van der Waals surface area contributed by atoms with Crippen molar-refractivity contribution < 1.29 is 4.79 Å². The number of rotatable bonds is 5. The highest BCUT2D eigenvalue weighted by molar-refractivity contribution is 7.99. The Morgan fingerprint density at radius 3 is 2.19 bits per heavy atom. The van der Waals surface area contributed by atoms with Gasteiger partial charge in [-0.05, 0) is 35.9 Å². The first-order valence-electron chi connectivity index (χ1n) is 6.11. The fraction of sp³-hybridized carbons (Fsp3) is 0.133. The zero-order valence-corrected chi connectivity index (χ0v) is 14.0. The van der Waals surface area contributed by atoms with Crippen LogP contribution in [-0.2, 0) is 10.5 Å². The van der Waals surface area contributed by atoms with Crippen LogP contribution in [0.4, 0.5) is 5.69 Å². The van der Waals surface area contributed by atoms with Crippen molar-refractivity contribution in [1.29, 1.82) is 0 Å². The van der Waals surface area contributed by atoms with E-state index in [0.29, 0.717) is 26.5 Å². The topological polar surface area (TPSA) is 29.1 Å². The van der Waals surface area contributed by atoms with Crippen molar-refractivity contribution >= 4 is 58.2 Å². The molecule has 1 N–H and O–H groups in total. The van der Waals surface area contributed by atoms with Crippen molar-refractivity contribution in [3.63, 3.8) is 0 Å². The standard InChI is InChI=1S/C15H12Cl3NOS/c16-11-3-1-10(2-4-11)8-21-9-15(20)19-14-6-12(17)5-13(18)7-14/h1-7H,8-9H2,(H,19,20). The van der Waals surface area contributed by atoms with Gasteiger partial charge in [0, 0.05) is 26.5 Å². The molecule has 6 heteroatoms. The molecule has 0 heterocycles. The molecule has 2 nitrogen and oxygen atoms in total. The Hall–Kier alpha value is -0.870. The van der Waals surface area contributed by atoms with E-state index >= 15 is 0 Å². The number of nitrogens with one attached hydrogen (secondary N) is 1. The largest absolute Gasteiger partial charge is 0.325 e. The summed E-state index contributed by atoms with van der Waals surface area (Å²) in [5.74, 6) is 1.01. The fourth-order valence-corrected chi connectivity index (χ4v) is 3.11. The monoisotopic (exact) mass is 359 g/mol. The number of carbonyl (C=O) groups excluding carboxylic acids is 1. The number of thioether (sulfide) groups is 1. The van der Waals surface area contributed by atoms with Crippen LogP contribution in [0.5, 0.6) is 0 Å². The Morgan fingerprint density at radius 2 is 1.57 bits per heavy atom. The molecule has 0 spiro atoms. The van der Waals surface area contributed by atoms with Gasteiger partial charge < -0.3 is 5.32 Å². The van der Waals surface area contributed by atoms with Gasteiger partial charge in [0.2, 0.25) is 5.91 Å². The second-order valence-corrected chi connectivity index (χ2v) is 6.62. The number of benzene rings is 2. The molecule has 2 rings (SSSR count). The summed E-state index contributed by atoms with van der Waals surface area (Å²) in [7, 11) is 0. The van der Waals surface area contributed by atoms with Gasteiger partial charge in [-0.2, -0.15) is 0 Å². The molecule has 1 amide bonds.